The molecule has 0 aliphatic heterocycles. The first-order chi connectivity index (χ1) is 8.22. The minimum Gasteiger partial charge on any atom is -0.358 e. The van der Waals surface area contributed by atoms with Crippen LogP contribution in [0, 0.1) is 19.3 Å². The number of H-pyrrole nitrogens is 1. The fourth-order valence-corrected chi connectivity index (χ4v) is 1.94. The van der Waals surface area contributed by atoms with Crippen LogP contribution in [0.1, 0.15) is 11.3 Å². The van der Waals surface area contributed by atoms with Crippen LogP contribution in [0.25, 0.3) is 10.9 Å². The molecule has 1 amide bonds. The summed E-state index contributed by atoms with van der Waals surface area (Å²) in [6.07, 6.45) is 5.46. The van der Waals surface area contributed by atoms with Crippen molar-refractivity contribution in [2.75, 3.05) is 6.54 Å². The van der Waals surface area contributed by atoms with Gasteiger partial charge in [-0.15, -0.1) is 6.42 Å². The number of aromatic nitrogens is 1. The maximum Gasteiger partial charge on any atom is 0.225 e. The molecule has 17 heavy (non-hydrogen) atoms. The molecule has 0 saturated heterocycles. The van der Waals surface area contributed by atoms with E-state index in [0.29, 0.717) is 6.42 Å². The highest BCUT2D eigenvalue weighted by atomic mass is 16.1. The van der Waals surface area contributed by atoms with Crippen molar-refractivity contribution in [1.29, 1.82) is 0 Å². The highest BCUT2D eigenvalue weighted by Crippen LogP contribution is 2.22. The molecule has 0 radical (unpaired) electrons. The summed E-state index contributed by atoms with van der Waals surface area (Å²) in [6, 6.07) is 7.97. The molecule has 0 fully saturated rings. The first-order valence-corrected chi connectivity index (χ1v) is 5.48. The van der Waals surface area contributed by atoms with E-state index in [1.807, 2.05) is 31.2 Å². The third kappa shape index (κ3) is 2.31. The second-order valence-corrected chi connectivity index (χ2v) is 3.93. The van der Waals surface area contributed by atoms with Crippen molar-refractivity contribution < 1.29 is 4.79 Å². The Labute approximate surface area is 100 Å². The van der Waals surface area contributed by atoms with Crippen LogP contribution in [0.15, 0.2) is 24.3 Å². The number of fused-ring (bicyclic) bond motifs is 1. The van der Waals surface area contributed by atoms with Crippen molar-refractivity contribution in [3.63, 3.8) is 0 Å². The highest BCUT2D eigenvalue weighted by Gasteiger charge is 2.11. The summed E-state index contributed by atoms with van der Waals surface area (Å²) in [5, 5.41) is 3.77. The van der Waals surface area contributed by atoms with Gasteiger partial charge in [-0.2, -0.15) is 0 Å². The summed E-state index contributed by atoms with van der Waals surface area (Å²) >= 11 is 0. The Kier molecular flexibility index (Phi) is 3.15. The molecule has 0 unspecified atom stereocenters. The largest absolute Gasteiger partial charge is 0.358 e. The molecule has 0 spiro atoms. The summed E-state index contributed by atoms with van der Waals surface area (Å²) in [7, 11) is 0. The molecule has 2 rings (SSSR count). The van der Waals surface area contributed by atoms with Crippen LogP contribution in [0.2, 0.25) is 0 Å². The van der Waals surface area contributed by atoms with E-state index in [0.717, 1.165) is 22.2 Å². The number of hydrogen-bond donors (Lipinski definition) is 2. The second-order valence-electron chi connectivity index (χ2n) is 3.93. The third-order valence-corrected chi connectivity index (χ3v) is 2.75. The maximum atomic E-state index is 11.6. The van der Waals surface area contributed by atoms with Crippen molar-refractivity contribution in [1.82, 2.24) is 10.3 Å². The SMILES string of the molecule is C#CCNC(=O)Cc1c(C)[nH]c2ccccc12. The fraction of sp³-hybridized carbons (Fsp3) is 0.214. The van der Waals surface area contributed by atoms with Crippen molar-refractivity contribution in [3.8, 4) is 12.3 Å². The first kappa shape index (κ1) is 11.3. The Morgan fingerprint density at radius 2 is 2.24 bits per heavy atom. The van der Waals surface area contributed by atoms with Gasteiger partial charge in [0.05, 0.1) is 13.0 Å². The van der Waals surface area contributed by atoms with E-state index < -0.39 is 0 Å². The van der Waals surface area contributed by atoms with Gasteiger partial charge in [0.2, 0.25) is 5.91 Å². The van der Waals surface area contributed by atoms with Crippen LogP contribution in [-0.4, -0.2) is 17.4 Å². The molecular formula is C14H14N2O. The Bertz CT molecular complexity index is 590. The highest BCUT2D eigenvalue weighted by molar-refractivity contribution is 5.90. The minimum absolute atomic E-state index is 0.0456. The molecule has 3 heteroatoms. The smallest absolute Gasteiger partial charge is 0.225 e. The zero-order chi connectivity index (χ0) is 12.3. The van der Waals surface area contributed by atoms with Gasteiger partial charge in [0.1, 0.15) is 0 Å². The number of aromatic amines is 1. The number of rotatable bonds is 3. The van der Waals surface area contributed by atoms with Gasteiger partial charge in [-0.1, -0.05) is 24.1 Å². The van der Waals surface area contributed by atoms with Gasteiger partial charge in [-0.25, -0.2) is 0 Å². The number of aryl methyl sites for hydroxylation is 1. The van der Waals surface area contributed by atoms with Crippen LogP contribution in [0.5, 0.6) is 0 Å². The van der Waals surface area contributed by atoms with Crippen LogP contribution < -0.4 is 5.32 Å². The summed E-state index contributed by atoms with van der Waals surface area (Å²) in [5.41, 5.74) is 3.13. The number of terminal acetylenes is 1. The summed E-state index contributed by atoms with van der Waals surface area (Å²) in [6.45, 7) is 2.25. The number of benzene rings is 1. The number of amides is 1. The monoisotopic (exact) mass is 226 g/mol. The lowest BCUT2D eigenvalue weighted by Gasteiger charge is -2.02. The molecule has 1 heterocycles. The normalized spacial score (nSPS) is 10.1. The number of hydrogen-bond acceptors (Lipinski definition) is 1. The predicted octanol–water partition coefficient (Wildman–Crippen LogP) is 1.77. The van der Waals surface area contributed by atoms with Gasteiger partial charge < -0.3 is 10.3 Å². The maximum absolute atomic E-state index is 11.6. The molecule has 2 N–H and O–H groups in total. The lowest BCUT2D eigenvalue weighted by Crippen LogP contribution is -2.25. The number of carbonyl (C=O) groups excluding carboxylic acids is 1. The molecule has 1 aromatic heterocycles. The molecule has 1 aromatic carbocycles. The average molecular weight is 226 g/mol. The fourth-order valence-electron chi connectivity index (χ4n) is 1.94. The quantitative estimate of drug-likeness (QED) is 0.770. The van der Waals surface area contributed by atoms with Gasteiger partial charge in [0, 0.05) is 16.6 Å². The topological polar surface area (TPSA) is 44.9 Å². The van der Waals surface area contributed by atoms with E-state index in [1.165, 1.54) is 0 Å². The first-order valence-electron chi connectivity index (χ1n) is 5.48. The Hall–Kier alpha value is -2.21. The van der Waals surface area contributed by atoms with Crippen LogP contribution in [0.4, 0.5) is 0 Å². The van der Waals surface area contributed by atoms with Crippen molar-refractivity contribution >= 4 is 16.8 Å². The number of para-hydroxylation sites is 1. The summed E-state index contributed by atoms with van der Waals surface area (Å²) in [5.74, 6) is 2.34. The van der Waals surface area contributed by atoms with Crippen molar-refractivity contribution in [3.05, 3.63) is 35.5 Å². The molecule has 86 valence electrons. The van der Waals surface area contributed by atoms with Gasteiger partial charge in [-0.05, 0) is 18.6 Å². The van der Waals surface area contributed by atoms with Gasteiger partial charge in [0.25, 0.3) is 0 Å². The van der Waals surface area contributed by atoms with Crippen LogP contribution in [0.3, 0.4) is 0 Å². The van der Waals surface area contributed by atoms with Crippen LogP contribution in [-0.2, 0) is 11.2 Å². The zero-order valence-corrected chi connectivity index (χ0v) is 9.71. The van der Waals surface area contributed by atoms with E-state index in [4.69, 9.17) is 6.42 Å². The van der Waals surface area contributed by atoms with Crippen molar-refractivity contribution in [2.45, 2.75) is 13.3 Å². The average Bonchev–Trinajstić information content (AvgIpc) is 2.64. The molecular weight excluding hydrogens is 212 g/mol. The lowest BCUT2D eigenvalue weighted by molar-refractivity contribution is -0.120. The van der Waals surface area contributed by atoms with Crippen LogP contribution >= 0.6 is 0 Å². The van der Waals surface area contributed by atoms with Gasteiger partial charge >= 0.3 is 0 Å². The van der Waals surface area contributed by atoms with E-state index in [1.54, 1.807) is 0 Å². The Morgan fingerprint density at radius 3 is 3.00 bits per heavy atom. The molecule has 2 aromatic rings. The van der Waals surface area contributed by atoms with E-state index in [2.05, 4.69) is 16.2 Å². The Balaban J connectivity index is 2.27. The van der Waals surface area contributed by atoms with E-state index >= 15 is 0 Å². The number of nitrogens with one attached hydrogen (secondary N) is 2. The Morgan fingerprint density at radius 1 is 1.47 bits per heavy atom. The van der Waals surface area contributed by atoms with Gasteiger partial charge in [-0.3, -0.25) is 4.79 Å². The molecule has 0 bridgehead atoms. The third-order valence-electron chi connectivity index (χ3n) is 2.75. The summed E-state index contributed by atoms with van der Waals surface area (Å²) < 4.78 is 0. The molecule has 3 nitrogen and oxygen atoms in total. The molecule has 0 aliphatic carbocycles. The molecule has 0 saturated carbocycles. The lowest BCUT2D eigenvalue weighted by atomic mass is 10.1. The predicted molar refractivity (Wildman–Crippen MR) is 68.6 cm³/mol. The van der Waals surface area contributed by atoms with Crippen molar-refractivity contribution in [2.24, 2.45) is 0 Å². The molecule has 0 atom stereocenters. The van der Waals surface area contributed by atoms with Gasteiger partial charge in [0.15, 0.2) is 0 Å². The van der Waals surface area contributed by atoms with E-state index in [9.17, 15) is 4.79 Å². The standard InChI is InChI=1S/C14H14N2O/c1-3-8-15-14(17)9-12-10(2)16-13-7-5-4-6-11(12)13/h1,4-7,16H,8-9H2,2H3,(H,15,17). The number of carbonyl (C=O) groups is 1. The summed E-state index contributed by atoms with van der Waals surface area (Å²) in [4.78, 5) is 14.9. The van der Waals surface area contributed by atoms with E-state index in [-0.39, 0.29) is 12.5 Å². The minimum atomic E-state index is -0.0456. The second kappa shape index (κ2) is 4.75. The zero-order valence-electron chi connectivity index (χ0n) is 9.71. The molecule has 0 aliphatic rings.